The number of rotatable bonds is 4. The van der Waals surface area contributed by atoms with E-state index in [9.17, 15) is 5.11 Å². The molecule has 0 aliphatic heterocycles. The van der Waals surface area contributed by atoms with Gasteiger partial charge in [-0.15, -0.1) is 11.3 Å². The van der Waals surface area contributed by atoms with E-state index in [1.165, 1.54) is 22.2 Å². The molecule has 1 heterocycles. The molecule has 3 rings (SSSR count). The smallest absolute Gasteiger partial charge is 0.0552 e. The van der Waals surface area contributed by atoms with Crippen LogP contribution in [-0.2, 0) is 0 Å². The van der Waals surface area contributed by atoms with Crippen LogP contribution >= 0.6 is 11.3 Å². The van der Waals surface area contributed by atoms with Gasteiger partial charge in [-0.3, -0.25) is 0 Å². The summed E-state index contributed by atoms with van der Waals surface area (Å²) in [6.07, 6.45) is 3.59. The maximum Gasteiger partial charge on any atom is 0.0552 e. The molecular formula is C15H19NOS. The minimum absolute atomic E-state index is 0.151. The molecule has 0 saturated heterocycles. The van der Waals surface area contributed by atoms with E-state index in [4.69, 9.17) is 0 Å². The molecule has 18 heavy (non-hydrogen) atoms. The summed E-state index contributed by atoms with van der Waals surface area (Å²) in [7, 11) is 2.14. The highest BCUT2D eigenvalue weighted by Gasteiger charge is 2.37. The van der Waals surface area contributed by atoms with Crippen LogP contribution in [0.2, 0.25) is 0 Å². The third-order valence-corrected chi connectivity index (χ3v) is 5.15. The Hall–Kier alpha value is -1.06. The van der Waals surface area contributed by atoms with Crippen molar-refractivity contribution in [2.24, 2.45) is 5.41 Å². The van der Waals surface area contributed by atoms with Crippen LogP contribution in [0.15, 0.2) is 29.6 Å². The molecule has 1 aliphatic carbocycles. The molecule has 1 aliphatic rings. The van der Waals surface area contributed by atoms with E-state index in [2.05, 4.69) is 41.6 Å². The van der Waals surface area contributed by atoms with E-state index in [-0.39, 0.29) is 5.41 Å². The molecule has 0 bridgehead atoms. The van der Waals surface area contributed by atoms with Gasteiger partial charge >= 0.3 is 0 Å². The van der Waals surface area contributed by atoms with E-state index >= 15 is 0 Å². The van der Waals surface area contributed by atoms with E-state index in [1.807, 2.05) is 0 Å². The highest BCUT2D eigenvalue weighted by atomic mass is 32.1. The Morgan fingerprint density at radius 3 is 2.78 bits per heavy atom. The molecular weight excluding hydrogens is 242 g/mol. The third kappa shape index (κ3) is 1.91. The molecule has 1 aromatic carbocycles. The number of benzene rings is 1. The Morgan fingerprint density at radius 2 is 2.11 bits per heavy atom. The molecule has 96 valence electrons. The summed E-state index contributed by atoms with van der Waals surface area (Å²) in [6.45, 7) is 1.28. The van der Waals surface area contributed by atoms with Gasteiger partial charge in [-0.05, 0) is 18.9 Å². The number of fused-ring (bicyclic) bond motifs is 1. The van der Waals surface area contributed by atoms with Crippen molar-refractivity contribution in [3.8, 4) is 0 Å². The molecule has 2 nitrogen and oxygen atoms in total. The maximum atomic E-state index is 9.57. The van der Waals surface area contributed by atoms with Crippen molar-refractivity contribution in [3.05, 3.63) is 29.6 Å². The highest BCUT2D eigenvalue weighted by molar-refractivity contribution is 7.17. The topological polar surface area (TPSA) is 23.5 Å². The average Bonchev–Trinajstić information content (AvgIpc) is 2.77. The largest absolute Gasteiger partial charge is 0.396 e. The first-order valence-electron chi connectivity index (χ1n) is 6.52. The SMILES string of the molecule is CN(CC1(CO)CCC1)c1csc2ccccc12. The summed E-state index contributed by atoms with van der Waals surface area (Å²) in [5, 5.41) is 13.1. The maximum absolute atomic E-state index is 9.57. The van der Waals surface area contributed by atoms with E-state index in [0.717, 1.165) is 19.4 Å². The number of hydrogen-bond donors (Lipinski definition) is 1. The minimum atomic E-state index is 0.151. The number of anilines is 1. The molecule has 0 unspecified atom stereocenters. The number of hydrogen-bond acceptors (Lipinski definition) is 3. The lowest BCUT2D eigenvalue weighted by atomic mass is 9.69. The second-order valence-corrected chi connectivity index (χ2v) is 6.40. The first kappa shape index (κ1) is 12.0. The van der Waals surface area contributed by atoms with Gasteiger partial charge in [0.2, 0.25) is 0 Å². The van der Waals surface area contributed by atoms with Crippen molar-refractivity contribution in [2.75, 3.05) is 25.1 Å². The predicted molar refractivity (Wildman–Crippen MR) is 78.5 cm³/mol. The van der Waals surface area contributed by atoms with Crippen LogP contribution in [0.4, 0.5) is 5.69 Å². The molecule has 3 heteroatoms. The summed E-state index contributed by atoms with van der Waals surface area (Å²) in [4.78, 5) is 2.31. The molecule has 1 aromatic heterocycles. The fourth-order valence-electron chi connectivity index (χ4n) is 2.89. The van der Waals surface area contributed by atoms with Gasteiger partial charge in [0.1, 0.15) is 0 Å². The zero-order chi connectivity index (χ0) is 12.6. The summed E-state index contributed by atoms with van der Waals surface area (Å²) in [5.74, 6) is 0. The first-order valence-corrected chi connectivity index (χ1v) is 7.40. The number of thiophene rings is 1. The van der Waals surface area contributed by atoms with Gasteiger partial charge in [0, 0.05) is 34.5 Å². The summed E-state index contributed by atoms with van der Waals surface area (Å²) >= 11 is 1.80. The highest BCUT2D eigenvalue weighted by Crippen LogP contribution is 2.42. The summed E-state index contributed by atoms with van der Waals surface area (Å²) in [5.41, 5.74) is 1.45. The fraction of sp³-hybridized carbons (Fsp3) is 0.467. The van der Waals surface area contributed by atoms with Crippen molar-refractivity contribution in [1.82, 2.24) is 0 Å². The van der Waals surface area contributed by atoms with Crippen molar-refractivity contribution in [2.45, 2.75) is 19.3 Å². The second-order valence-electron chi connectivity index (χ2n) is 5.48. The van der Waals surface area contributed by atoms with E-state index in [1.54, 1.807) is 11.3 Å². The van der Waals surface area contributed by atoms with Gasteiger partial charge < -0.3 is 10.0 Å². The van der Waals surface area contributed by atoms with Crippen LogP contribution in [0.1, 0.15) is 19.3 Å². The van der Waals surface area contributed by atoms with Gasteiger partial charge in [0.15, 0.2) is 0 Å². The molecule has 2 aromatic rings. The monoisotopic (exact) mass is 261 g/mol. The first-order chi connectivity index (χ1) is 8.74. The minimum Gasteiger partial charge on any atom is -0.396 e. The van der Waals surface area contributed by atoms with Crippen molar-refractivity contribution < 1.29 is 5.11 Å². The van der Waals surface area contributed by atoms with Crippen molar-refractivity contribution >= 4 is 27.1 Å². The molecule has 0 atom stereocenters. The molecule has 0 radical (unpaired) electrons. The second kappa shape index (κ2) is 4.56. The van der Waals surface area contributed by atoms with E-state index in [0.29, 0.717) is 6.61 Å². The van der Waals surface area contributed by atoms with Gasteiger partial charge in [0.25, 0.3) is 0 Å². The Kier molecular flexibility index (Phi) is 3.04. The Morgan fingerprint density at radius 1 is 1.33 bits per heavy atom. The number of nitrogens with zero attached hydrogens (tertiary/aromatic N) is 1. The third-order valence-electron chi connectivity index (χ3n) is 4.19. The zero-order valence-corrected chi connectivity index (χ0v) is 11.5. The molecule has 1 saturated carbocycles. The number of aliphatic hydroxyl groups excluding tert-OH is 1. The molecule has 0 spiro atoms. The lowest BCUT2D eigenvalue weighted by Gasteiger charge is -2.43. The van der Waals surface area contributed by atoms with Gasteiger partial charge in [-0.1, -0.05) is 24.6 Å². The Balaban J connectivity index is 1.85. The summed E-state index contributed by atoms with van der Waals surface area (Å²) < 4.78 is 1.34. The summed E-state index contributed by atoms with van der Waals surface area (Å²) in [6, 6.07) is 8.54. The van der Waals surface area contributed by atoms with Gasteiger partial charge in [-0.2, -0.15) is 0 Å². The average molecular weight is 261 g/mol. The van der Waals surface area contributed by atoms with Crippen LogP contribution in [0.5, 0.6) is 0 Å². The normalized spacial score (nSPS) is 17.7. The predicted octanol–water partition coefficient (Wildman–Crippen LogP) is 3.50. The zero-order valence-electron chi connectivity index (χ0n) is 10.7. The van der Waals surface area contributed by atoms with Crippen LogP contribution in [0.25, 0.3) is 10.1 Å². The number of aliphatic hydroxyl groups is 1. The van der Waals surface area contributed by atoms with Crippen LogP contribution in [-0.4, -0.2) is 25.3 Å². The fourth-order valence-corrected chi connectivity index (χ4v) is 3.89. The van der Waals surface area contributed by atoms with Gasteiger partial charge in [0.05, 0.1) is 12.3 Å². The Labute approximate surface area is 112 Å². The van der Waals surface area contributed by atoms with Gasteiger partial charge in [-0.25, -0.2) is 0 Å². The molecule has 0 amide bonds. The van der Waals surface area contributed by atoms with Crippen LogP contribution in [0.3, 0.4) is 0 Å². The quantitative estimate of drug-likeness (QED) is 0.910. The van der Waals surface area contributed by atoms with Crippen molar-refractivity contribution in [1.29, 1.82) is 0 Å². The van der Waals surface area contributed by atoms with Crippen molar-refractivity contribution in [3.63, 3.8) is 0 Å². The lowest BCUT2D eigenvalue weighted by Crippen LogP contribution is -2.43. The van der Waals surface area contributed by atoms with E-state index < -0.39 is 0 Å². The lowest BCUT2D eigenvalue weighted by molar-refractivity contribution is 0.0525. The Bertz CT molecular complexity index is 539. The standard InChI is InChI=1S/C15H19NOS/c1-16(10-15(11-17)7-4-8-15)13-9-18-14-6-3-2-5-12(13)14/h2-3,5-6,9,17H,4,7-8,10-11H2,1H3. The van der Waals surface area contributed by atoms with Crippen LogP contribution in [0, 0.1) is 5.41 Å². The van der Waals surface area contributed by atoms with Crippen LogP contribution < -0.4 is 4.90 Å². The molecule has 1 N–H and O–H groups in total. The molecule has 1 fully saturated rings.